The molecule has 0 unspecified atom stereocenters. The summed E-state index contributed by atoms with van der Waals surface area (Å²) < 4.78 is 4.95. The Morgan fingerprint density at radius 1 is 1.24 bits per heavy atom. The van der Waals surface area contributed by atoms with Gasteiger partial charge in [0.25, 0.3) is 5.91 Å². The van der Waals surface area contributed by atoms with E-state index in [1.807, 2.05) is 12.2 Å². The first-order chi connectivity index (χ1) is 10.0. The highest BCUT2D eigenvalue weighted by Crippen LogP contribution is 2.22. The summed E-state index contributed by atoms with van der Waals surface area (Å²) in [6.45, 7) is -0.320. The maximum Gasteiger partial charge on any atom is 0.306 e. The third kappa shape index (κ3) is 5.40. The summed E-state index contributed by atoms with van der Waals surface area (Å²) in [5, 5.41) is 3.41. The molecule has 0 aromatic heterocycles. The molecule has 0 aliphatic heterocycles. The number of carbonyl (C=O) groups is 2. The molecular weight excluding hydrogens is 313 g/mol. The minimum Gasteiger partial charge on any atom is -0.456 e. The second-order valence-electron chi connectivity index (χ2n) is 4.84. The Balaban J connectivity index is 1.76. The Hall–Kier alpha value is -1.52. The lowest BCUT2D eigenvalue weighted by Crippen LogP contribution is -2.21. The Morgan fingerprint density at radius 3 is 2.57 bits per heavy atom. The van der Waals surface area contributed by atoms with Crippen molar-refractivity contribution in [2.75, 3.05) is 11.9 Å². The first kappa shape index (κ1) is 15.9. The number of rotatable bonds is 5. The molecule has 0 heterocycles. The largest absolute Gasteiger partial charge is 0.456 e. The van der Waals surface area contributed by atoms with E-state index < -0.39 is 5.91 Å². The number of ether oxygens (including phenoxy) is 1. The van der Waals surface area contributed by atoms with Crippen LogP contribution in [0, 0.1) is 5.92 Å². The van der Waals surface area contributed by atoms with Crippen LogP contribution in [0.4, 0.5) is 5.69 Å². The van der Waals surface area contributed by atoms with Crippen molar-refractivity contribution in [2.45, 2.75) is 19.3 Å². The summed E-state index contributed by atoms with van der Waals surface area (Å²) in [6, 6.07) is 4.70. The monoisotopic (exact) mass is 327 g/mol. The van der Waals surface area contributed by atoms with Gasteiger partial charge in [-0.15, -0.1) is 0 Å². The molecule has 1 aliphatic carbocycles. The van der Waals surface area contributed by atoms with Gasteiger partial charge in [-0.05, 0) is 37.0 Å². The second-order valence-corrected chi connectivity index (χ2v) is 5.71. The SMILES string of the molecule is O=C(COC(=O)C[C@@H]1C=CCC1)Nc1cc(Cl)cc(Cl)c1. The van der Waals surface area contributed by atoms with Gasteiger partial charge in [-0.25, -0.2) is 0 Å². The number of hydrogen-bond donors (Lipinski definition) is 1. The Labute approximate surface area is 133 Å². The van der Waals surface area contributed by atoms with E-state index in [1.54, 1.807) is 18.2 Å². The minimum absolute atomic E-state index is 0.229. The van der Waals surface area contributed by atoms with Crippen LogP contribution in [0.5, 0.6) is 0 Å². The molecule has 1 atom stereocenters. The first-order valence-corrected chi connectivity index (χ1v) is 7.37. The van der Waals surface area contributed by atoms with Gasteiger partial charge in [-0.2, -0.15) is 0 Å². The van der Waals surface area contributed by atoms with Crippen LogP contribution in [0.25, 0.3) is 0 Å². The fourth-order valence-electron chi connectivity index (χ4n) is 2.11. The average Bonchev–Trinajstić information content (AvgIpc) is 2.88. The van der Waals surface area contributed by atoms with Crippen LogP contribution in [-0.4, -0.2) is 18.5 Å². The van der Waals surface area contributed by atoms with Crippen molar-refractivity contribution in [1.82, 2.24) is 0 Å². The van der Waals surface area contributed by atoms with Gasteiger partial charge < -0.3 is 10.1 Å². The van der Waals surface area contributed by atoms with Gasteiger partial charge >= 0.3 is 5.97 Å². The number of esters is 1. The van der Waals surface area contributed by atoms with Crippen molar-refractivity contribution in [3.63, 3.8) is 0 Å². The van der Waals surface area contributed by atoms with E-state index in [9.17, 15) is 9.59 Å². The molecular formula is C15H15Cl2NO3. The van der Waals surface area contributed by atoms with Crippen LogP contribution in [0.3, 0.4) is 0 Å². The van der Waals surface area contributed by atoms with Crippen LogP contribution in [0.15, 0.2) is 30.4 Å². The maximum absolute atomic E-state index is 11.7. The quantitative estimate of drug-likeness (QED) is 0.660. The molecule has 0 spiro atoms. The van der Waals surface area contributed by atoms with Crippen molar-refractivity contribution in [3.05, 3.63) is 40.4 Å². The van der Waals surface area contributed by atoms with Gasteiger partial charge in [0.05, 0.1) is 6.42 Å². The molecule has 1 aliphatic rings. The van der Waals surface area contributed by atoms with Crippen LogP contribution >= 0.6 is 23.2 Å². The lowest BCUT2D eigenvalue weighted by molar-refractivity contribution is -0.147. The minimum atomic E-state index is -0.427. The van der Waals surface area contributed by atoms with E-state index in [1.165, 1.54) is 0 Å². The zero-order valence-corrected chi connectivity index (χ0v) is 12.8. The normalized spacial score (nSPS) is 16.8. The highest BCUT2D eigenvalue weighted by Gasteiger charge is 2.16. The first-order valence-electron chi connectivity index (χ1n) is 6.61. The summed E-state index contributed by atoms with van der Waals surface area (Å²) in [5.74, 6) is -0.568. The van der Waals surface area contributed by atoms with Gasteiger partial charge in [0.15, 0.2) is 6.61 Å². The Kier molecular flexibility index (Phi) is 5.65. The van der Waals surface area contributed by atoms with Crippen LogP contribution in [0.1, 0.15) is 19.3 Å². The number of anilines is 1. The molecule has 0 radical (unpaired) electrons. The smallest absolute Gasteiger partial charge is 0.306 e. The summed E-state index contributed by atoms with van der Waals surface area (Å²) in [7, 11) is 0. The molecule has 0 bridgehead atoms. The summed E-state index contributed by atoms with van der Waals surface area (Å²) in [5.41, 5.74) is 0.465. The standard InChI is InChI=1S/C15H15Cl2NO3/c16-11-6-12(17)8-13(7-11)18-14(19)9-21-15(20)5-10-3-1-2-4-10/h1,3,6-8,10H,2,4-5,9H2,(H,18,19)/t10-/m1/s1. The third-order valence-electron chi connectivity index (χ3n) is 3.05. The summed E-state index contributed by atoms with van der Waals surface area (Å²) in [4.78, 5) is 23.3. The molecule has 1 aromatic carbocycles. The van der Waals surface area contributed by atoms with E-state index in [-0.39, 0.29) is 18.5 Å². The van der Waals surface area contributed by atoms with Crippen molar-refractivity contribution in [3.8, 4) is 0 Å². The number of benzene rings is 1. The van der Waals surface area contributed by atoms with Gasteiger partial charge in [-0.1, -0.05) is 35.4 Å². The van der Waals surface area contributed by atoms with E-state index >= 15 is 0 Å². The fraction of sp³-hybridized carbons (Fsp3) is 0.333. The van der Waals surface area contributed by atoms with Crippen LogP contribution in [-0.2, 0) is 14.3 Å². The Morgan fingerprint density at radius 2 is 1.95 bits per heavy atom. The molecule has 0 fully saturated rings. The lowest BCUT2D eigenvalue weighted by atomic mass is 10.1. The molecule has 21 heavy (non-hydrogen) atoms. The average molecular weight is 328 g/mol. The van der Waals surface area contributed by atoms with Crippen molar-refractivity contribution < 1.29 is 14.3 Å². The molecule has 0 saturated carbocycles. The van der Waals surface area contributed by atoms with Crippen LogP contribution in [0.2, 0.25) is 10.0 Å². The fourth-order valence-corrected chi connectivity index (χ4v) is 2.63. The number of nitrogens with one attached hydrogen (secondary N) is 1. The predicted octanol–water partition coefficient (Wildman–Crippen LogP) is 3.83. The van der Waals surface area contributed by atoms with E-state index in [2.05, 4.69) is 5.32 Å². The third-order valence-corrected chi connectivity index (χ3v) is 3.49. The molecule has 1 N–H and O–H groups in total. The zero-order valence-electron chi connectivity index (χ0n) is 11.3. The van der Waals surface area contributed by atoms with Gasteiger partial charge in [0.2, 0.25) is 0 Å². The van der Waals surface area contributed by atoms with E-state index in [4.69, 9.17) is 27.9 Å². The number of hydrogen-bond acceptors (Lipinski definition) is 3. The topological polar surface area (TPSA) is 55.4 Å². The molecule has 0 saturated heterocycles. The van der Waals surface area contributed by atoms with Gasteiger partial charge in [-0.3, -0.25) is 9.59 Å². The molecule has 112 valence electrons. The van der Waals surface area contributed by atoms with E-state index in [0.717, 1.165) is 12.8 Å². The highest BCUT2D eigenvalue weighted by molar-refractivity contribution is 6.35. The summed E-state index contributed by atoms with van der Waals surface area (Å²) in [6.07, 6.45) is 6.33. The molecule has 1 aromatic rings. The number of allylic oxidation sites excluding steroid dienone is 2. The second kappa shape index (κ2) is 7.48. The molecule has 1 amide bonds. The summed E-state index contributed by atoms with van der Waals surface area (Å²) >= 11 is 11.7. The lowest BCUT2D eigenvalue weighted by Gasteiger charge is -2.09. The van der Waals surface area contributed by atoms with E-state index in [0.29, 0.717) is 22.2 Å². The van der Waals surface area contributed by atoms with Crippen molar-refractivity contribution >= 4 is 40.8 Å². The van der Waals surface area contributed by atoms with Crippen molar-refractivity contribution in [2.24, 2.45) is 5.92 Å². The Bertz CT molecular complexity index is 552. The van der Waals surface area contributed by atoms with Gasteiger partial charge in [0.1, 0.15) is 0 Å². The number of halogens is 2. The highest BCUT2D eigenvalue weighted by atomic mass is 35.5. The van der Waals surface area contributed by atoms with Crippen molar-refractivity contribution in [1.29, 1.82) is 0 Å². The van der Waals surface area contributed by atoms with Crippen LogP contribution < -0.4 is 5.32 Å². The zero-order chi connectivity index (χ0) is 15.2. The number of carbonyl (C=O) groups excluding carboxylic acids is 2. The maximum atomic E-state index is 11.7. The number of amides is 1. The van der Waals surface area contributed by atoms with Gasteiger partial charge in [0, 0.05) is 15.7 Å². The molecule has 6 heteroatoms. The predicted molar refractivity (Wildman–Crippen MR) is 82.5 cm³/mol. The molecule has 2 rings (SSSR count). The molecule has 4 nitrogen and oxygen atoms in total.